The Kier molecular flexibility index (Phi) is 8.56. The Morgan fingerprint density at radius 2 is 1.47 bits per heavy atom. The van der Waals surface area contributed by atoms with Gasteiger partial charge in [0.1, 0.15) is 0 Å². The van der Waals surface area contributed by atoms with Gasteiger partial charge < -0.3 is 0 Å². The van der Waals surface area contributed by atoms with Crippen molar-refractivity contribution in [3.8, 4) is 33.6 Å². The number of nitrogens with zero attached hydrogens (tertiary/aromatic N) is 2. The van der Waals surface area contributed by atoms with E-state index in [1.54, 1.807) is 0 Å². The molecule has 0 fully saturated rings. The van der Waals surface area contributed by atoms with Gasteiger partial charge >= 0.3 is 0 Å². The summed E-state index contributed by atoms with van der Waals surface area (Å²) in [7, 11) is 0. The molecule has 6 rings (SSSR count). The summed E-state index contributed by atoms with van der Waals surface area (Å²) in [5, 5.41) is 0. The lowest BCUT2D eigenvalue weighted by atomic mass is 9.76. The fourth-order valence-corrected chi connectivity index (χ4v) is 7.51. The van der Waals surface area contributed by atoms with Gasteiger partial charge in [0.25, 0.3) is 0 Å². The normalized spacial score (nSPS) is 15.4. The van der Waals surface area contributed by atoms with E-state index in [2.05, 4.69) is 152 Å². The van der Waals surface area contributed by atoms with Crippen molar-refractivity contribution in [2.24, 2.45) is 5.92 Å². The minimum Gasteiger partial charge on any atom is -0.198 e. The summed E-state index contributed by atoms with van der Waals surface area (Å²) in [5.41, 5.74) is 12.2. The molecule has 3 heterocycles. The average molecular weight is 567 g/mol. The van der Waals surface area contributed by atoms with E-state index < -0.39 is 0 Å². The fraction of sp³-hybridized carbons (Fsp3) is 0.317. The minimum atomic E-state index is 0.00724. The van der Waals surface area contributed by atoms with Crippen molar-refractivity contribution < 1.29 is 9.13 Å². The van der Waals surface area contributed by atoms with Crippen molar-refractivity contribution in [1.82, 2.24) is 0 Å². The van der Waals surface area contributed by atoms with Crippen molar-refractivity contribution in [2.75, 3.05) is 0 Å². The van der Waals surface area contributed by atoms with Crippen molar-refractivity contribution in [2.45, 2.75) is 78.3 Å². The molecule has 2 aromatic heterocycles. The summed E-state index contributed by atoms with van der Waals surface area (Å²) in [5.74, 6) is 0.423. The number of pyridine rings is 2. The smallest absolute Gasteiger partial charge is 0.198 e. The zero-order valence-corrected chi connectivity index (χ0v) is 26.4. The van der Waals surface area contributed by atoms with Crippen LogP contribution < -0.4 is 9.13 Å². The zero-order chi connectivity index (χ0) is 29.8. The van der Waals surface area contributed by atoms with Crippen LogP contribution in [0.4, 0.5) is 0 Å². The van der Waals surface area contributed by atoms with Gasteiger partial charge in [0.2, 0.25) is 11.4 Å². The van der Waals surface area contributed by atoms with Crippen LogP contribution in [0.3, 0.4) is 0 Å². The highest BCUT2D eigenvalue weighted by atomic mass is 15.1. The second-order valence-corrected chi connectivity index (χ2v) is 12.4. The Morgan fingerprint density at radius 1 is 0.698 bits per heavy atom. The maximum atomic E-state index is 2.65. The molecule has 1 unspecified atom stereocenters. The van der Waals surface area contributed by atoms with Crippen LogP contribution >= 0.6 is 0 Å². The van der Waals surface area contributed by atoms with Gasteiger partial charge in [-0.05, 0) is 72.2 Å². The molecule has 0 radical (unpaired) electrons. The third-order valence-electron chi connectivity index (χ3n) is 10.0. The predicted octanol–water partition coefficient (Wildman–Crippen LogP) is 9.30. The molecule has 0 saturated heterocycles. The van der Waals surface area contributed by atoms with Crippen LogP contribution in [-0.4, -0.2) is 0 Å². The predicted molar refractivity (Wildman–Crippen MR) is 179 cm³/mol. The quantitative estimate of drug-likeness (QED) is 0.157. The number of hydrogen-bond acceptors (Lipinski definition) is 0. The number of benzene rings is 3. The Labute approximate surface area is 258 Å². The zero-order valence-electron chi connectivity index (χ0n) is 26.4. The van der Waals surface area contributed by atoms with E-state index in [1.165, 1.54) is 63.2 Å². The molecule has 2 nitrogen and oxygen atoms in total. The molecule has 2 heteroatoms. The number of unbranched alkanes of at least 4 members (excludes halogenated alkanes) is 1. The largest absolute Gasteiger partial charge is 0.213 e. The molecule has 0 amide bonds. The van der Waals surface area contributed by atoms with E-state index in [0.717, 1.165) is 32.2 Å². The van der Waals surface area contributed by atoms with Crippen LogP contribution in [0.5, 0.6) is 0 Å². The Bertz CT molecular complexity index is 1700. The van der Waals surface area contributed by atoms with Gasteiger partial charge in [0.15, 0.2) is 24.5 Å². The highest BCUT2D eigenvalue weighted by molar-refractivity contribution is 5.70. The van der Waals surface area contributed by atoms with Crippen molar-refractivity contribution >= 4 is 0 Å². The first-order valence-electron chi connectivity index (χ1n) is 16.4. The van der Waals surface area contributed by atoms with Crippen LogP contribution in [0.15, 0.2) is 116 Å². The van der Waals surface area contributed by atoms with E-state index >= 15 is 0 Å². The minimum absolute atomic E-state index is 0.00724. The SMILES string of the molecule is CCCCc1ccc2c(c1)-c1cccc[n+]1C(CC)(CC)C(C[n+]1ccc(-c3ccccc3)cc1-c1ccccc1C)C2. The molecule has 0 aliphatic carbocycles. The molecule has 43 heavy (non-hydrogen) atoms. The van der Waals surface area contributed by atoms with Crippen LogP contribution in [0.2, 0.25) is 0 Å². The topological polar surface area (TPSA) is 7.76 Å². The standard InChI is InChI=1S/C41H46N2/c1-5-8-17-32-22-23-35-28-36(41(6-2,7-3)43-25-15-14-21-39(43)38(35)27-32)30-42-26-24-34(33-18-10-9-11-19-33)29-40(42)37-20-13-12-16-31(37)4/h9-16,18-27,29,36H,5-8,17,28,30H2,1-4H3/q+2. The van der Waals surface area contributed by atoms with Crippen molar-refractivity contribution in [1.29, 1.82) is 0 Å². The summed E-state index contributed by atoms with van der Waals surface area (Å²) in [6.07, 6.45) is 11.6. The molecular weight excluding hydrogens is 520 g/mol. The highest BCUT2D eigenvalue weighted by Crippen LogP contribution is 2.40. The third-order valence-corrected chi connectivity index (χ3v) is 10.0. The lowest BCUT2D eigenvalue weighted by Gasteiger charge is -2.32. The molecule has 0 bridgehead atoms. The van der Waals surface area contributed by atoms with E-state index in [1.807, 2.05) is 0 Å². The maximum Gasteiger partial charge on any atom is 0.213 e. The molecule has 218 valence electrons. The van der Waals surface area contributed by atoms with Crippen LogP contribution in [0, 0.1) is 12.8 Å². The molecule has 1 aliphatic heterocycles. The van der Waals surface area contributed by atoms with Crippen molar-refractivity contribution in [3.63, 3.8) is 0 Å². The van der Waals surface area contributed by atoms with Crippen LogP contribution in [0.25, 0.3) is 33.6 Å². The molecule has 0 spiro atoms. The first-order valence-corrected chi connectivity index (χ1v) is 16.4. The second-order valence-electron chi connectivity index (χ2n) is 12.4. The average Bonchev–Trinajstić information content (AvgIpc) is 3.17. The monoisotopic (exact) mass is 566 g/mol. The number of rotatable bonds is 9. The summed E-state index contributed by atoms with van der Waals surface area (Å²) in [6.45, 7) is 10.3. The number of fused-ring (bicyclic) bond motifs is 3. The summed E-state index contributed by atoms with van der Waals surface area (Å²) in [6, 6.07) is 38.5. The van der Waals surface area contributed by atoms with E-state index in [9.17, 15) is 0 Å². The molecule has 1 atom stereocenters. The highest BCUT2D eigenvalue weighted by Gasteiger charge is 2.50. The first-order chi connectivity index (χ1) is 21.1. The van der Waals surface area contributed by atoms with Crippen LogP contribution in [0.1, 0.15) is 63.1 Å². The number of hydrogen-bond donors (Lipinski definition) is 0. The molecule has 0 N–H and O–H groups in total. The van der Waals surface area contributed by atoms with Gasteiger partial charge in [-0.15, -0.1) is 0 Å². The summed E-state index contributed by atoms with van der Waals surface area (Å²) >= 11 is 0. The molecular formula is C41H46N2+2. The van der Waals surface area contributed by atoms with Gasteiger partial charge in [-0.25, -0.2) is 0 Å². The van der Waals surface area contributed by atoms with Gasteiger partial charge in [-0.2, -0.15) is 9.13 Å². The maximum absolute atomic E-state index is 2.65. The Balaban J connectivity index is 1.50. The lowest BCUT2D eigenvalue weighted by Crippen LogP contribution is -2.63. The number of aromatic nitrogens is 2. The fourth-order valence-electron chi connectivity index (χ4n) is 7.51. The van der Waals surface area contributed by atoms with E-state index in [0.29, 0.717) is 5.92 Å². The van der Waals surface area contributed by atoms with Gasteiger partial charge in [-0.3, -0.25) is 0 Å². The second kappa shape index (κ2) is 12.7. The molecule has 0 saturated carbocycles. The van der Waals surface area contributed by atoms with Crippen LogP contribution in [-0.2, 0) is 24.9 Å². The Hall–Kier alpha value is -4.04. The lowest BCUT2D eigenvalue weighted by molar-refractivity contribution is -0.781. The Morgan fingerprint density at radius 3 is 2.23 bits per heavy atom. The van der Waals surface area contributed by atoms with Crippen molar-refractivity contribution in [3.05, 3.63) is 132 Å². The molecule has 1 aliphatic rings. The van der Waals surface area contributed by atoms with Gasteiger partial charge in [0.05, 0.1) is 5.92 Å². The number of aryl methyl sites for hydroxylation is 2. The molecule has 3 aromatic carbocycles. The third kappa shape index (κ3) is 5.56. The van der Waals surface area contributed by atoms with E-state index in [4.69, 9.17) is 0 Å². The molecule has 5 aromatic rings. The van der Waals surface area contributed by atoms with Gasteiger partial charge in [0, 0.05) is 48.2 Å². The summed E-state index contributed by atoms with van der Waals surface area (Å²) < 4.78 is 5.20. The summed E-state index contributed by atoms with van der Waals surface area (Å²) in [4.78, 5) is 0. The first kappa shape index (κ1) is 29.1. The van der Waals surface area contributed by atoms with Gasteiger partial charge in [-0.1, -0.05) is 87.9 Å². The van der Waals surface area contributed by atoms with E-state index in [-0.39, 0.29) is 5.54 Å².